The van der Waals surface area contributed by atoms with Crippen molar-refractivity contribution in [1.29, 1.82) is 0 Å². The molecule has 0 saturated carbocycles. The first-order valence-electron chi connectivity index (χ1n) is 16.8. The van der Waals surface area contributed by atoms with E-state index < -0.39 is 6.10 Å². The number of unbranched alkanes of at least 4 members (excludes halogenated alkanes) is 16. The van der Waals surface area contributed by atoms with Crippen molar-refractivity contribution in [2.75, 3.05) is 13.2 Å². The molecule has 39 heavy (non-hydrogen) atoms. The van der Waals surface area contributed by atoms with Gasteiger partial charge in [0, 0.05) is 12.8 Å². The van der Waals surface area contributed by atoms with Gasteiger partial charge in [-0.1, -0.05) is 150 Å². The molecule has 0 rings (SSSR count). The summed E-state index contributed by atoms with van der Waals surface area (Å²) >= 11 is 0. The average molecular weight is 555 g/mol. The Bertz CT molecular complexity index is 548. The van der Waals surface area contributed by atoms with E-state index in [0.717, 1.165) is 50.4 Å². The third-order valence-electron chi connectivity index (χ3n) is 7.81. The van der Waals surface area contributed by atoms with Gasteiger partial charge in [0.25, 0.3) is 0 Å². The Morgan fingerprint density at radius 2 is 0.872 bits per heavy atom. The molecular weight excluding hydrogens is 488 g/mol. The van der Waals surface area contributed by atoms with Crippen LogP contribution in [0.4, 0.5) is 0 Å². The zero-order valence-electron chi connectivity index (χ0n) is 26.5. The molecule has 232 valence electrons. The summed E-state index contributed by atoms with van der Waals surface area (Å²) in [6, 6.07) is 0. The van der Waals surface area contributed by atoms with Gasteiger partial charge in [-0.05, 0) is 24.7 Å². The van der Waals surface area contributed by atoms with E-state index in [4.69, 9.17) is 9.47 Å². The maximum absolute atomic E-state index is 11.9. The Kier molecular flexibility index (Phi) is 27.6. The van der Waals surface area contributed by atoms with E-state index in [2.05, 4.69) is 27.7 Å². The predicted octanol–water partition coefficient (Wildman–Crippen LogP) is 9.72. The van der Waals surface area contributed by atoms with E-state index in [1.165, 1.54) is 96.3 Å². The lowest BCUT2D eigenvalue weighted by atomic mass is 9.99. The van der Waals surface area contributed by atoms with E-state index in [1.54, 1.807) is 0 Å². The monoisotopic (exact) mass is 554 g/mol. The molecule has 0 bridgehead atoms. The molecular formula is C34H66O5. The number of ether oxygens (including phenoxy) is 2. The van der Waals surface area contributed by atoms with E-state index in [-0.39, 0.29) is 25.2 Å². The topological polar surface area (TPSA) is 72.8 Å². The molecule has 0 radical (unpaired) electrons. The van der Waals surface area contributed by atoms with Gasteiger partial charge in [0.1, 0.15) is 19.3 Å². The van der Waals surface area contributed by atoms with Crippen LogP contribution in [0, 0.1) is 11.8 Å². The van der Waals surface area contributed by atoms with Crippen LogP contribution in [-0.4, -0.2) is 36.4 Å². The van der Waals surface area contributed by atoms with Crippen LogP contribution in [-0.2, 0) is 19.1 Å². The van der Waals surface area contributed by atoms with Gasteiger partial charge >= 0.3 is 11.9 Å². The van der Waals surface area contributed by atoms with Crippen LogP contribution >= 0.6 is 0 Å². The molecule has 5 nitrogen and oxygen atoms in total. The SMILES string of the molecule is CCC(C)CCCCCCCCCCC(=O)OC[C@@H](O)COC(=O)CCCCCCCCCCCCC(C)C. The van der Waals surface area contributed by atoms with Crippen LogP contribution in [0.2, 0.25) is 0 Å². The van der Waals surface area contributed by atoms with Crippen molar-refractivity contribution in [3.05, 3.63) is 0 Å². The van der Waals surface area contributed by atoms with Gasteiger partial charge in [0.15, 0.2) is 0 Å². The van der Waals surface area contributed by atoms with Crippen molar-refractivity contribution in [2.45, 2.75) is 181 Å². The minimum Gasteiger partial charge on any atom is -0.463 e. The van der Waals surface area contributed by atoms with Crippen LogP contribution < -0.4 is 0 Å². The Morgan fingerprint density at radius 3 is 1.23 bits per heavy atom. The van der Waals surface area contributed by atoms with E-state index in [0.29, 0.717) is 12.8 Å². The van der Waals surface area contributed by atoms with Gasteiger partial charge in [-0.25, -0.2) is 0 Å². The smallest absolute Gasteiger partial charge is 0.305 e. The normalized spacial score (nSPS) is 13.0. The van der Waals surface area contributed by atoms with Gasteiger partial charge in [0.05, 0.1) is 0 Å². The molecule has 1 unspecified atom stereocenters. The number of esters is 2. The van der Waals surface area contributed by atoms with Crippen molar-refractivity contribution in [2.24, 2.45) is 11.8 Å². The highest BCUT2D eigenvalue weighted by Gasteiger charge is 2.12. The number of rotatable bonds is 29. The highest BCUT2D eigenvalue weighted by molar-refractivity contribution is 5.69. The van der Waals surface area contributed by atoms with Crippen LogP contribution in [0.5, 0.6) is 0 Å². The Hall–Kier alpha value is -1.10. The lowest BCUT2D eigenvalue weighted by Gasteiger charge is -2.12. The fraction of sp³-hybridized carbons (Fsp3) is 0.941. The average Bonchev–Trinajstić information content (AvgIpc) is 2.91. The Balaban J connectivity index is 3.43. The van der Waals surface area contributed by atoms with Crippen molar-refractivity contribution < 1.29 is 24.2 Å². The molecule has 5 heteroatoms. The molecule has 2 atom stereocenters. The maximum Gasteiger partial charge on any atom is 0.305 e. The van der Waals surface area contributed by atoms with Gasteiger partial charge in [-0.15, -0.1) is 0 Å². The second-order valence-corrected chi connectivity index (χ2v) is 12.4. The third-order valence-corrected chi connectivity index (χ3v) is 7.81. The molecule has 0 aliphatic heterocycles. The minimum atomic E-state index is -0.955. The van der Waals surface area contributed by atoms with Crippen molar-refractivity contribution >= 4 is 11.9 Å². The van der Waals surface area contributed by atoms with Crippen molar-refractivity contribution in [3.8, 4) is 0 Å². The number of hydrogen-bond acceptors (Lipinski definition) is 5. The molecule has 0 heterocycles. The highest BCUT2D eigenvalue weighted by atomic mass is 16.6. The second kappa shape index (κ2) is 28.4. The standard InChI is InChI=1S/C34H66O5/c1-5-31(4)25-21-17-13-10-11-15-19-23-27-34(37)39-29-32(35)28-38-33(36)26-22-18-14-9-7-6-8-12-16-20-24-30(2)3/h30-32,35H,5-29H2,1-4H3/t31?,32-/m0/s1. The maximum atomic E-state index is 11.9. The molecule has 0 saturated heterocycles. The summed E-state index contributed by atoms with van der Waals surface area (Å²) in [6.07, 6.45) is 25.7. The summed E-state index contributed by atoms with van der Waals surface area (Å²) in [4.78, 5) is 23.8. The summed E-state index contributed by atoms with van der Waals surface area (Å²) in [6.45, 7) is 8.97. The predicted molar refractivity (Wildman–Crippen MR) is 164 cm³/mol. The summed E-state index contributed by atoms with van der Waals surface area (Å²) in [5.41, 5.74) is 0. The fourth-order valence-corrected chi connectivity index (χ4v) is 4.83. The molecule has 0 aromatic heterocycles. The fourth-order valence-electron chi connectivity index (χ4n) is 4.83. The Labute approximate surface area is 242 Å². The van der Waals surface area contributed by atoms with E-state index >= 15 is 0 Å². The zero-order valence-corrected chi connectivity index (χ0v) is 26.5. The van der Waals surface area contributed by atoms with Crippen LogP contribution in [0.3, 0.4) is 0 Å². The number of hydrogen-bond donors (Lipinski definition) is 1. The summed E-state index contributed by atoms with van der Waals surface area (Å²) in [7, 11) is 0. The van der Waals surface area contributed by atoms with Crippen molar-refractivity contribution in [3.63, 3.8) is 0 Å². The van der Waals surface area contributed by atoms with Gasteiger partial charge in [0.2, 0.25) is 0 Å². The van der Waals surface area contributed by atoms with Gasteiger partial charge in [-0.3, -0.25) is 9.59 Å². The zero-order chi connectivity index (χ0) is 29.0. The first-order valence-corrected chi connectivity index (χ1v) is 16.8. The molecule has 0 fully saturated rings. The van der Waals surface area contributed by atoms with Crippen molar-refractivity contribution in [1.82, 2.24) is 0 Å². The van der Waals surface area contributed by atoms with Crippen LogP contribution in [0.15, 0.2) is 0 Å². The quantitative estimate of drug-likeness (QED) is 0.0736. The minimum absolute atomic E-state index is 0.110. The molecule has 0 aliphatic carbocycles. The number of carbonyl (C=O) groups excluding carboxylic acids is 2. The van der Waals surface area contributed by atoms with Crippen LogP contribution in [0.1, 0.15) is 175 Å². The molecule has 0 aromatic rings. The first kappa shape index (κ1) is 37.9. The molecule has 0 amide bonds. The Morgan fingerprint density at radius 1 is 0.538 bits per heavy atom. The van der Waals surface area contributed by atoms with Crippen LogP contribution in [0.25, 0.3) is 0 Å². The molecule has 0 aromatic carbocycles. The summed E-state index contributed by atoms with van der Waals surface area (Å²) in [5, 5.41) is 9.95. The molecule has 0 aliphatic rings. The van der Waals surface area contributed by atoms with Gasteiger partial charge < -0.3 is 14.6 Å². The van der Waals surface area contributed by atoms with E-state index in [9.17, 15) is 14.7 Å². The summed E-state index contributed by atoms with van der Waals surface area (Å²) in [5.74, 6) is 1.13. The number of carbonyl (C=O) groups is 2. The number of aliphatic hydroxyl groups excluding tert-OH is 1. The second-order valence-electron chi connectivity index (χ2n) is 12.4. The number of aliphatic hydroxyl groups is 1. The molecule has 0 spiro atoms. The lowest BCUT2D eigenvalue weighted by Crippen LogP contribution is -2.25. The van der Waals surface area contributed by atoms with Gasteiger partial charge in [-0.2, -0.15) is 0 Å². The largest absolute Gasteiger partial charge is 0.463 e. The first-order chi connectivity index (χ1) is 18.8. The highest BCUT2D eigenvalue weighted by Crippen LogP contribution is 2.16. The van der Waals surface area contributed by atoms with E-state index in [1.807, 2.05) is 0 Å². The summed E-state index contributed by atoms with van der Waals surface area (Å²) < 4.78 is 10.3. The third kappa shape index (κ3) is 29.7. The lowest BCUT2D eigenvalue weighted by molar-refractivity contribution is -0.152. The molecule has 1 N–H and O–H groups in total.